The molecule has 1 atom stereocenters. The Bertz CT molecular complexity index is 529. The van der Waals surface area contributed by atoms with Gasteiger partial charge in [0.2, 0.25) is 0 Å². The normalized spacial score (nSPS) is 24.9. The maximum absolute atomic E-state index is 12.5. The summed E-state index contributed by atoms with van der Waals surface area (Å²) >= 11 is 0. The SMILES string of the molecule is O=C([C@@H]1CCCCO1)N1CCC(C(=O)O)(n2ccnc2)CC1. The van der Waals surface area contributed by atoms with Crippen molar-refractivity contribution in [2.24, 2.45) is 0 Å². The molecule has 0 radical (unpaired) electrons. The summed E-state index contributed by atoms with van der Waals surface area (Å²) in [5, 5.41) is 9.66. The first-order valence-electron chi connectivity index (χ1n) is 7.76. The van der Waals surface area contributed by atoms with Crippen molar-refractivity contribution in [2.45, 2.75) is 43.7 Å². The van der Waals surface area contributed by atoms with Crippen molar-refractivity contribution in [3.63, 3.8) is 0 Å². The van der Waals surface area contributed by atoms with E-state index in [0.717, 1.165) is 19.3 Å². The molecule has 120 valence electrons. The maximum Gasteiger partial charge on any atom is 0.330 e. The van der Waals surface area contributed by atoms with Crippen molar-refractivity contribution in [1.29, 1.82) is 0 Å². The second-order valence-electron chi connectivity index (χ2n) is 5.99. The number of hydrogen-bond acceptors (Lipinski definition) is 4. The van der Waals surface area contributed by atoms with E-state index < -0.39 is 11.5 Å². The van der Waals surface area contributed by atoms with Crippen LogP contribution in [-0.4, -0.2) is 57.2 Å². The van der Waals surface area contributed by atoms with Crippen LogP contribution in [0, 0.1) is 0 Å². The third-order valence-corrected chi connectivity index (χ3v) is 4.75. The maximum atomic E-state index is 12.5. The van der Waals surface area contributed by atoms with Gasteiger partial charge in [0.25, 0.3) is 5.91 Å². The molecule has 0 aromatic carbocycles. The molecule has 1 N–H and O–H groups in total. The van der Waals surface area contributed by atoms with E-state index in [1.54, 1.807) is 21.9 Å². The molecule has 0 bridgehead atoms. The highest BCUT2D eigenvalue weighted by Gasteiger charge is 2.44. The topological polar surface area (TPSA) is 84.7 Å². The smallest absolute Gasteiger partial charge is 0.330 e. The number of nitrogens with zero attached hydrogens (tertiary/aromatic N) is 3. The van der Waals surface area contributed by atoms with Crippen LogP contribution in [0.1, 0.15) is 32.1 Å². The summed E-state index contributed by atoms with van der Waals surface area (Å²) in [5.41, 5.74) is -0.999. The molecule has 0 spiro atoms. The third-order valence-electron chi connectivity index (χ3n) is 4.75. The molecule has 3 rings (SSSR count). The van der Waals surface area contributed by atoms with Gasteiger partial charge in [-0.2, -0.15) is 0 Å². The lowest BCUT2D eigenvalue weighted by molar-refractivity contribution is -0.156. The average Bonchev–Trinajstić information content (AvgIpc) is 3.10. The van der Waals surface area contributed by atoms with E-state index in [9.17, 15) is 14.7 Å². The molecule has 1 aromatic heterocycles. The molecule has 1 aromatic rings. The third kappa shape index (κ3) is 2.61. The van der Waals surface area contributed by atoms with E-state index in [0.29, 0.717) is 32.5 Å². The van der Waals surface area contributed by atoms with Crippen molar-refractivity contribution in [1.82, 2.24) is 14.5 Å². The fraction of sp³-hybridized carbons (Fsp3) is 0.667. The Morgan fingerprint density at radius 3 is 2.59 bits per heavy atom. The van der Waals surface area contributed by atoms with E-state index in [4.69, 9.17) is 4.74 Å². The Kier molecular flexibility index (Phi) is 4.15. The quantitative estimate of drug-likeness (QED) is 0.895. The van der Waals surface area contributed by atoms with Crippen molar-refractivity contribution in [3.05, 3.63) is 18.7 Å². The van der Waals surface area contributed by atoms with Crippen LogP contribution >= 0.6 is 0 Å². The number of carboxylic acid groups (broad SMARTS) is 1. The zero-order chi connectivity index (χ0) is 15.6. The molecule has 0 aliphatic carbocycles. The van der Waals surface area contributed by atoms with Crippen LogP contribution in [0.2, 0.25) is 0 Å². The molecule has 2 fully saturated rings. The van der Waals surface area contributed by atoms with Crippen LogP contribution in [-0.2, 0) is 19.9 Å². The largest absolute Gasteiger partial charge is 0.479 e. The van der Waals surface area contributed by atoms with E-state index in [1.807, 2.05) is 0 Å². The molecule has 7 heteroatoms. The number of likely N-dealkylation sites (tertiary alicyclic amines) is 1. The minimum absolute atomic E-state index is 0.00400. The number of carbonyl (C=O) groups is 2. The first-order valence-corrected chi connectivity index (χ1v) is 7.76. The zero-order valence-corrected chi connectivity index (χ0v) is 12.5. The number of hydrogen-bond donors (Lipinski definition) is 1. The van der Waals surface area contributed by atoms with E-state index >= 15 is 0 Å². The summed E-state index contributed by atoms with van der Waals surface area (Å²) in [7, 11) is 0. The lowest BCUT2D eigenvalue weighted by atomic mass is 9.87. The molecule has 2 aliphatic rings. The molecule has 2 aliphatic heterocycles. The van der Waals surface area contributed by atoms with Gasteiger partial charge < -0.3 is 19.3 Å². The summed E-state index contributed by atoms with van der Waals surface area (Å²) in [4.78, 5) is 29.9. The average molecular weight is 307 g/mol. The van der Waals surface area contributed by atoms with Crippen LogP contribution in [0.4, 0.5) is 0 Å². The highest BCUT2D eigenvalue weighted by molar-refractivity contribution is 5.82. The Morgan fingerprint density at radius 2 is 2.05 bits per heavy atom. The number of aliphatic carboxylic acids is 1. The molecular formula is C15H21N3O4. The lowest BCUT2D eigenvalue weighted by Crippen LogP contribution is -2.54. The zero-order valence-electron chi connectivity index (χ0n) is 12.5. The first-order chi connectivity index (χ1) is 10.6. The van der Waals surface area contributed by atoms with Crippen LogP contribution in [0.5, 0.6) is 0 Å². The molecule has 7 nitrogen and oxygen atoms in total. The standard InChI is InChI=1S/C15H21N3O4/c19-13(12-3-1-2-10-22-12)17-7-4-15(5-8-17,14(20)21)18-9-6-16-11-18/h6,9,11-12H,1-5,7-8,10H2,(H,20,21)/t12-/m0/s1. The minimum Gasteiger partial charge on any atom is -0.479 e. The van der Waals surface area contributed by atoms with Gasteiger partial charge in [-0.25, -0.2) is 9.78 Å². The van der Waals surface area contributed by atoms with Crippen LogP contribution in [0.3, 0.4) is 0 Å². The number of aromatic nitrogens is 2. The van der Waals surface area contributed by atoms with Crippen LogP contribution < -0.4 is 0 Å². The van der Waals surface area contributed by atoms with Crippen LogP contribution in [0.25, 0.3) is 0 Å². The molecular weight excluding hydrogens is 286 g/mol. The van der Waals surface area contributed by atoms with Crippen molar-refractivity contribution >= 4 is 11.9 Å². The fourth-order valence-electron chi connectivity index (χ4n) is 3.33. The van der Waals surface area contributed by atoms with E-state index in [-0.39, 0.29) is 12.0 Å². The van der Waals surface area contributed by atoms with Gasteiger partial charge in [-0.05, 0) is 32.1 Å². The van der Waals surface area contributed by atoms with E-state index in [1.165, 1.54) is 6.33 Å². The second-order valence-corrected chi connectivity index (χ2v) is 5.99. The number of amides is 1. The highest BCUT2D eigenvalue weighted by atomic mass is 16.5. The van der Waals surface area contributed by atoms with Gasteiger partial charge >= 0.3 is 5.97 Å². The van der Waals surface area contributed by atoms with Gasteiger partial charge in [-0.1, -0.05) is 0 Å². The predicted octanol–water partition coefficient (Wildman–Crippen LogP) is 0.854. The summed E-state index contributed by atoms with van der Waals surface area (Å²) in [5.74, 6) is -0.865. The van der Waals surface area contributed by atoms with Crippen molar-refractivity contribution < 1.29 is 19.4 Å². The Labute approximate surface area is 128 Å². The minimum atomic E-state index is -0.999. The molecule has 0 saturated carbocycles. The van der Waals surface area contributed by atoms with E-state index in [2.05, 4.69) is 4.98 Å². The molecule has 1 amide bonds. The molecule has 2 saturated heterocycles. The first kappa shape index (κ1) is 15.0. The Hall–Kier alpha value is -1.89. The number of piperidine rings is 1. The molecule has 3 heterocycles. The number of carboxylic acids is 1. The summed E-state index contributed by atoms with van der Waals surface area (Å²) in [6.45, 7) is 1.50. The number of rotatable bonds is 3. The van der Waals surface area contributed by atoms with Crippen molar-refractivity contribution in [3.8, 4) is 0 Å². The van der Waals surface area contributed by atoms with Gasteiger partial charge in [0.15, 0.2) is 0 Å². The monoisotopic (exact) mass is 307 g/mol. The van der Waals surface area contributed by atoms with Crippen LogP contribution in [0.15, 0.2) is 18.7 Å². The lowest BCUT2D eigenvalue weighted by Gasteiger charge is -2.40. The molecule has 22 heavy (non-hydrogen) atoms. The Morgan fingerprint density at radius 1 is 1.27 bits per heavy atom. The second kappa shape index (κ2) is 6.08. The summed E-state index contributed by atoms with van der Waals surface area (Å²) in [6, 6.07) is 0. The molecule has 0 unspecified atom stereocenters. The van der Waals surface area contributed by atoms with Gasteiger partial charge in [-0.15, -0.1) is 0 Å². The fourth-order valence-corrected chi connectivity index (χ4v) is 3.33. The van der Waals surface area contributed by atoms with Gasteiger partial charge in [0, 0.05) is 32.1 Å². The van der Waals surface area contributed by atoms with Crippen molar-refractivity contribution in [2.75, 3.05) is 19.7 Å². The number of imidazole rings is 1. The van der Waals surface area contributed by atoms with Gasteiger partial charge in [-0.3, -0.25) is 4.79 Å². The summed E-state index contributed by atoms with van der Waals surface area (Å²) in [6.07, 6.45) is 8.00. The predicted molar refractivity (Wildman–Crippen MR) is 77.2 cm³/mol. The number of carbonyl (C=O) groups excluding carboxylic acids is 1. The van der Waals surface area contributed by atoms with Gasteiger partial charge in [0.05, 0.1) is 6.33 Å². The Balaban J connectivity index is 1.68. The number of ether oxygens (including phenoxy) is 1. The summed E-state index contributed by atoms with van der Waals surface area (Å²) < 4.78 is 7.19. The highest BCUT2D eigenvalue weighted by Crippen LogP contribution is 2.31. The van der Waals surface area contributed by atoms with Gasteiger partial charge in [0.1, 0.15) is 11.6 Å².